The Labute approximate surface area is 127 Å². The van der Waals surface area contributed by atoms with Gasteiger partial charge in [0.1, 0.15) is 5.60 Å². The van der Waals surface area contributed by atoms with Gasteiger partial charge in [0.15, 0.2) is 0 Å². The summed E-state index contributed by atoms with van der Waals surface area (Å²) in [7, 11) is 1.59. The maximum absolute atomic E-state index is 11.7. The molecule has 2 N–H and O–H groups in total. The molecule has 1 rings (SSSR count). The number of rotatable bonds is 3. The van der Waals surface area contributed by atoms with E-state index < -0.39 is 11.7 Å². The van der Waals surface area contributed by atoms with E-state index in [-0.39, 0.29) is 5.91 Å². The number of benzene rings is 1. The van der Waals surface area contributed by atoms with E-state index in [1.54, 1.807) is 46.0 Å². The van der Waals surface area contributed by atoms with Crippen LogP contribution in [0.5, 0.6) is 0 Å². The fourth-order valence-corrected chi connectivity index (χ4v) is 1.98. The van der Waals surface area contributed by atoms with Crippen molar-refractivity contribution in [2.24, 2.45) is 0 Å². The molecule has 0 saturated heterocycles. The number of hydrogen-bond donors (Lipinski definition) is 2. The van der Waals surface area contributed by atoms with Crippen molar-refractivity contribution >= 4 is 33.6 Å². The zero-order valence-electron chi connectivity index (χ0n) is 12.0. The van der Waals surface area contributed by atoms with Gasteiger partial charge in [-0.3, -0.25) is 10.1 Å². The van der Waals surface area contributed by atoms with Gasteiger partial charge in [0.05, 0.1) is 12.1 Å². The highest BCUT2D eigenvalue weighted by Crippen LogP contribution is 2.24. The van der Waals surface area contributed by atoms with Gasteiger partial charge in [0.2, 0.25) is 5.91 Å². The van der Waals surface area contributed by atoms with Crippen molar-refractivity contribution in [3.8, 4) is 0 Å². The predicted molar refractivity (Wildman–Crippen MR) is 81.8 cm³/mol. The standard InChI is InChI=1S/C14H19BrN2O3/c1-14(2,3)20-13(19)17-11-6-5-9(7-10(11)15)8-12(18)16-4/h5-7H,8H2,1-4H3,(H,16,18)(H,17,19). The van der Waals surface area contributed by atoms with Crippen LogP contribution in [-0.4, -0.2) is 24.6 Å². The van der Waals surface area contributed by atoms with Crippen molar-refractivity contribution in [3.63, 3.8) is 0 Å². The Kier molecular flexibility index (Phi) is 5.56. The fraction of sp³-hybridized carbons (Fsp3) is 0.429. The number of likely N-dealkylation sites (N-methyl/N-ethyl adjacent to an activating group) is 1. The summed E-state index contributed by atoms with van der Waals surface area (Å²) >= 11 is 3.37. The molecular weight excluding hydrogens is 324 g/mol. The second-order valence-corrected chi connectivity index (χ2v) is 6.15. The molecule has 6 heteroatoms. The average molecular weight is 343 g/mol. The minimum absolute atomic E-state index is 0.0650. The zero-order chi connectivity index (χ0) is 15.3. The van der Waals surface area contributed by atoms with Crippen LogP contribution in [0.2, 0.25) is 0 Å². The molecule has 0 saturated carbocycles. The molecule has 0 fully saturated rings. The van der Waals surface area contributed by atoms with Crippen molar-refractivity contribution in [2.45, 2.75) is 32.8 Å². The first-order chi connectivity index (χ1) is 9.21. The van der Waals surface area contributed by atoms with E-state index >= 15 is 0 Å². The Morgan fingerprint density at radius 3 is 2.45 bits per heavy atom. The Hall–Kier alpha value is -1.56. The van der Waals surface area contributed by atoms with Crippen molar-refractivity contribution in [2.75, 3.05) is 12.4 Å². The van der Waals surface area contributed by atoms with Gasteiger partial charge in [-0.05, 0) is 54.4 Å². The summed E-state index contributed by atoms with van der Waals surface area (Å²) in [5.74, 6) is -0.0650. The lowest BCUT2D eigenvalue weighted by atomic mass is 10.1. The molecule has 0 radical (unpaired) electrons. The number of hydrogen-bond acceptors (Lipinski definition) is 3. The van der Waals surface area contributed by atoms with Gasteiger partial charge in [-0.1, -0.05) is 6.07 Å². The Balaban J connectivity index is 2.73. The summed E-state index contributed by atoms with van der Waals surface area (Å²) in [6, 6.07) is 5.31. The SMILES string of the molecule is CNC(=O)Cc1ccc(NC(=O)OC(C)(C)C)c(Br)c1. The average Bonchev–Trinajstić information content (AvgIpc) is 2.30. The van der Waals surface area contributed by atoms with Gasteiger partial charge in [-0.2, -0.15) is 0 Å². The molecule has 110 valence electrons. The van der Waals surface area contributed by atoms with Crippen LogP contribution in [0.15, 0.2) is 22.7 Å². The van der Waals surface area contributed by atoms with Crippen LogP contribution in [0.1, 0.15) is 26.3 Å². The zero-order valence-corrected chi connectivity index (χ0v) is 13.6. The van der Waals surface area contributed by atoms with Crippen LogP contribution in [0.3, 0.4) is 0 Å². The van der Waals surface area contributed by atoms with E-state index in [4.69, 9.17) is 4.74 Å². The first-order valence-corrected chi connectivity index (χ1v) is 6.99. The van der Waals surface area contributed by atoms with E-state index in [0.29, 0.717) is 16.6 Å². The normalized spacial score (nSPS) is 10.8. The van der Waals surface area contributed by atoms with Crippen LogP contribution < -0.4 is 10.6 Å². The van der Waals surface area contributed by atoms with Gasteiger partial charge in [0.25, 0.3) is 0 Å². The number of nitrogens with one attached hydrogen (secondary N) is 2. The van der Waals surface area contributed by atoms with Gasteiger partial charge < -0.3 is 10.1 Å². The summed E-state index contributed by atoms with van der Waals surface area (Å²) in [5.41, 5.74) is 0.904. The smallest absolute Gasteiger partial charge is 0.412 e. The van der Waals surface area contributed by atoms with Crippen LogP contribution >= 0.6 is 15.9 Å². The molecule has 0 heterocycles. The van der Waals surface area contributed by atoms with E-state index in [9.17, 15) is 9.59 Å². The Morgan fingerprint density at radius 1 is 1.30 bits per heavy atom. The Bertz CT molecular complexity index is 510. The second-order valence-electron chi connectivity index (χ2n) is 5.29. The molecular formula is C14H19BrN2O3. The molecule has 5 nitrogen and oxygen atoms in total. The summed E-state index contributed by atoms with van der Waals surface area (Å²) in [6.45, 7) is 5.40. The molecule has 2 amide bonds. The second kappa shape index (κ2) is 6.74. The fourth-order valence-electron chi connectivity index (χ4n) is 1.46. The minimum atomic E-state index is -0.546. The highest BCUT2D eigenvalue weighted by atomic mass is 79.9. The van der Waals surface area contributed by atoms with Gasteiger partial charge >= 0.3 is 6.09 Å². The molecule has 1 aromatic rings. The van der Waals surface area contributed by atoms with Crippen LogP contribution in [-0.2, 0) is 16.0 Å². The monoisotopic (exact) mass is 342 g/mol. The lowest BCUT2D eigenvalue weighted by Crippen LogP contribution is -2.27. The maximum Gasteiger partial charge on any atom is 0.412 e. The van der Waals surface area contributed by atoms with Crippen molar-refractivity contribution in [1.29, 1.82) is 0 Å². The predicted octanol–water partition coefficient (Wildman–Crippen LogP) is 3.08. The largest absolute Gasteiger partial charge is 0.444 e. The third-order valence-corrected chi connectivity index (χ3v) is 2.97. The van der Waals surface area contributed by atoms with Gasteiger partial charge in [-0.15, -0.1) is 0 Å². The van der Waals surface area contributed by atoms with Gasteiger partial charge in [-0.25, -0.2) is 4.79 Å². The van der Waals surface area contributed by atoms with E-state index in [2.05, 4.69) is 26.6 Å². The van der Waals surface area contributed by atoms with E-state index in [0.717, 1.165) is 5.56 Å². The van der Waals surface area contributed by atoms with Crippen molar-refractivity contribution in [3.05, 3.63) is 28.2 Å². The lowest BCUT2D eigenvalue weighted by molar-refractivity contribution is -0.119. The van der Waals surface area contributed by atoms with Crippen LogP contribution in [0.4, 0.5) is 10.5 Å². The molecule has 0 aliphatic heterocycles. The Morgan fingerprint density at radius 2 is 1.95 bits per heavy atom. The van der Waals surface area contributed by atoms with Crippen LogP contribution in [0, 0.1) is 0 Å². The molecule has 20 heavy (non-hydrogen) atoms. The molecule has 0 aliphatic rings. The van der Waals surface area contributed by atoms with Crippen molar-refractivity contribution < 1.29 is 14.3 Å². The van der Waals surface area contributed by atoms with E-state index in [1.807, 2.05) is 0 Å². The van der Waals surface area contributed by atoms with E-state index in [1.165, 1.54) is 0 Å². The highest BCUT2D eigenvalue weighted by Gasteiger charge is 2.17. The minimum Gasteiger partial charge on any atom is -0.444 e. The summed E-state index contributed by atoms with van der Waals surface area (Å²) in [4.78, 5) is 23.0. The lowest BCUT2D eigenvalue weighted by Gasteiger charge is -2.20. The molecule has 1 aromatic carbocycles. The summed E-state index contributed by atoms with van der Waals surface area (Å²) < 4.78 is 5.87. The molecule has 0 spiro atoms. The van der Waals surface area contributed by atoms with Gasteiger partial charge in [0, 0.05) is 11.5 Å². The molecule has 0 aromatic heterocycles. The number of amides is 2. The number of carbonyl (C=O) groups excluding carboxylic acids is 2. The molecule has 0 bridgehead atoms. The first kappa shape index (κ1) is 16.5. The molecule has 0 aliphatic carbocycles. The third kappa shape index (κ3) is 5.61. The topological polar surface area (TPSA) is 67.4 Å². The number of ether oxygens (including phenoxy) is 1. The highest BCUT2D eigenvalue weighted by molar-refractivity contribution is 9.10. The summed E-state index contributed by atoms with van der Waals surface area (Å²) in [6.07, 6.45) is -0.223. The number of anilines is 1. The molecule has 0 unspecified atom stereocenters. The third-order valence-electron chi connectivity index (χ3n) is 2.31. The van der Waals surface area contributed by atoms with Crippen LogP contribution in [0.25, 0.3) is 0 Å². The molecule has 0 atom stereocenters. The quantitative estimate of drug-likeness (QED) is 0.886. The van der Waals surface area contributed by atoms with Crippen molar-refractivity contribution in [1.82, 2.24) is 5.32 Å². The number of carbonyl (C=O) groups is 2. The first-order valence-electron chi connectivity index (χ1n) is 6.20. The maximum atomic E-state index is 11.7. The number of halogens is 1. The summed E-state index contributed by atoms with van der Waals surface area (Å²) in [5, 5.41) is 5.21.